The van der Waals surface area contributed by atoms with Crippen LogP contribution < -0.4 is 5.32 Å². The van der Waals surface area contributed by atoms with Gasteiger partial charge in [0.1, 0.15) is 0 Å². The lowest BCUT2D eigenvalue weighted by Crippen LogP contribution is -2.34. The van der Waals surface area contributed by atoms with E-state index in [0.29, 0.717) is 5.92 Å². The number of benzene rings is 1. The predicted octanol–water partition coefficient (Wildman–Crippen LogP) is 3.56. The molecular weight excluding hydrogens is 272 g/mol. The van der Waals surface area contributed by atoms with Crippen molar-refractivity contribution in [3.05, 3.63) is 35.4 Å². The predicted molar refractivity (Wildman–Crippen MR) is 90.3 cm³/mol. The van der Waals surface area contributed by atoms with Crippen molar-refractivity contribution in [3.63, 3.8) is 0 Å². The minimum atomic E-state index is 0.229. The third kappa shape index (κ3) is 3.89. The Bertz CT molecular complexity index is 486. The summed E-state index contributed by atoms with van der Waals surface area (Å²) in [5.74, 6) is 0.793. The summed E-state index contributed by atoms with van der Waals surface area (Å²) in [6.45, 7) is 4.02. The zero-order valence-corrected chi connectivity index (χ0v) is 13.5. The van der Waals surface area contributed by atoms with Gasteiger partial charge in [-0.3, -0.25) is 4.79 Å². The highest BCUT2D eigenvalue weighted by atomic mass is 16.2. The van der Waals surface area contributed by atoms with Crippen molar-refractivity contribution < 1.29 is 4.79 Å². The molecule has 3 nitrogen and oxygen atoms in total. The first kappa shape index (κ1) is 15.5. The second-order valence-electron chi connectivity index (χ2n) is 6.73. The lowest BCUT2D eigenvalue weighted by Gasteiger charge is -2.26. The summed E-state index contributed by atoms with van der Waals surface area (Å²) in [7, 11) is 0. The number of carbonyl (C=O) groups excluding carboxylic acids is 1. The van der Waals surface area contributed by atoms with Crippen molar-refractivity contribution in [3.8, 4) is 0 Å². The van der Waals surface area contributed by atoms with E-state index < -0.39 is 0 Å². The normalized spacial score (nSPS) is 23.6. The third-order valence-corrected chi connectivity index (χ3v) is 5.05. The summed E-state index contributed by atoms with van der Waals surface area (Å²) in [5.41, 5.74) is 2.20. The Morgan fingerprint density at radius 1 is 1.05 bits per heavy atom. The molecule has 0 spiro atoms. The number of nitrogens with one attached hydrogen (secondary N) is 1. The van der Waals surface area contributed by atoms with Gasteiger partial charge in [-0.15, -0.1) is 0 Å². The average Bonchev–Trinajstić information content (AvgIpc) is 2.55. The first-order chi connectivity index (χ1) is 10.8. The number of hydrogen-bond donors (Lipinski definition) is 1. The van der Waals surface area contributed by atoms with Gasteiger partial charge in [0.15, 0.2) is 0 Å². The summed E-state index contributed by atoms with van der Waals surface area (Å²) in [6, 6.07) is 8.36. The molecule has 22 heavy (non-hydrogen) atoms. The van der Waals surface area contributed by atoms with Gasteiger partial charge >= 0.3 is 0 Å². The lowest BCUT2D eigenvalue weighted by molar-refractivity contribution is 0.0742. The molecular formula is C19H28N2O. The molecule has 2 fully saturated rings. The second-order valence-corrected chi connectivity index (χ2v) is 6.73. The maximum absolute atomic E-state index is 12.8. The van der Waals surface area contributed by atoms with Crippen molar-refractivity contribution in [2.24, 2.45) is 0 Å². The van der Waals surface area contributed by atoms with Crippen LogP contribution in [0.15, 0.2) is 24.3 Å². The van der Waals surface area contributed by atoms with Gasteiger partial charge in [0.05, 0.1) is 0 Å². The molecule has 0 radical (unpaired) electrons. The fourth-order valence-corrected chi connectivity index (χ4v) is 3.70. The van der Waals surface area contributed by atoms with Crippen molar-refractivity contribution >= 4 is 5.91 Å². The van der Waals surface area contributed by atoms with Gasteiger partial charge in [0.2, 0.25) is 0 Å². The second kappa shape index (κ2) is 7.77. The minimum Gasteiger partial charge on any atom is -0.339 e. The summed E-state index contributed by atoms with van der Waals surface area (Å²) in [4.78, 5) is 14.9. The van der Waals surface area contributed by atoms with Gasteiger partial charge in [0.25, 0.3) is 5.91 Å². The average molecular weight is 300 g/mol. The molecule has 120 valence electrons. The smallest absolute Gasteiger partial charge is 0.253 e. The number of hydrogen-bond acceptors (Lipinski definition) is 2. The van der Waals surface area contributed by atoms with Gasteiger partial charge in [-0.05, 0) is 55.8 Å². The first-order valence-electron chi connectivity index (χ1n) is 8.94. The molecule has 1 atom stereocenters. The van der Waals surface area contributed by atoms with Crippen LogP contribution >= 0.6 is 0 Å². The number of rotatable bonds is 2. The lowest BCUT2D eigenvalue weighted by atomic mass is 9.90. The number of carbonyl (C=O) groups is 1. The molecule has 2 saturated heterocycles. The highest BCUT2D eigenvalue weighted by molar-refractivity contribution is 5.94. The van der Waals surface area contributed by atoms with E-state index in [9.17, 15) is 4.79 Å². The Morgan fingerprint density at radius 3 is 2.55 bits per heavy atom. The molecule has 0 saturated carbocycles. The Hall–Kier alpha value is -1.35. The van der Waals surface area contributed by atoms with Crippen LogP contribution in [0.1, 0.15) is 66.8 Å². The zero-order chi connectivity index (χ0) is 15.2. The largest absolute Gasteiger partial charge is 0.339 e. The number of amides is 1. The highest BCUT2D eigenvalue weighted by Crippen LogP contribution is 2.24. The van der Waals surface area contributed by atoms with Gasteiger partial charge in [0, 0.05) is 25.2 Å². The minimum absolute atomic E-state index is 0.229. The number of piperidine rings is 1. The number of nitrogens with zero attached hydrogens (tertiary/aromatic N) is 1. The van der Waals surface area contributed by atoms with Crippen LogP contribution in [-0.4, -0.2) is 37.0 Å². The molecule has 1 aromatic rings. The number of likely N-dealkylation sites (tertiary alicyclic amines) is 1. The van der Waals surface area contributed by atoms with E-state index in [-0.39, 0.29) is 5.91 Å². The Kier molecular flexibility index (Phi) is 5.49. The highest BCUT2D eigenvalue weighted by Gasteiger charge is 2.19. The molecule has 0 aromatic heterocycles. The first-order valence-corrected chi connectivity index (χ1v) is 8.94. The van der Waals surface area contributed by atoms with Crippen LogP contribution in [0.2, 0.25) is 0 Å². The standard InChI is InChI=1S/C19H28N2O/c22-19(21-12-4-2-1-3-5-13-21)17-9-6-8-16(14-17)18-10-7-11-20-15-18/h6,8-9,14,18,20H,1-5,7,10-13,15H2/t18-/m0/s1. The fraction of sp³-hybridized carbons (Fsp3) is 0.632. The van der Waals surface area contributed by atoms with Crippen molar-refractivity contribution in [2.75, 3.05) is 26.2 Å². The van der Waals surface area contributed by atoms with Crippen LogP contribution in [0.5, 0.6) is 0 Å². The van der Waals surface area contributed by atoms with E-state index in [1.165, 1.54) is 37.7 Å². The summed E-state index contributed by atoms with van der Waals surface area (Å²) in [5, 5.41) is 3.47. The van der Waals surface area contributed by atoms with Gasteiger partial charge in [-0.25, -0.2) is 0 Å². The molecule has 3 heteroatoms. The molecule has 1 N–H and O–H groups in total. The summed E-state index contributed by atoms with van der Waals surface area (Å²) >= 11 is 0. The molecule has 2 aliphatic rings. The van der Waals surface area contributed by atoms with Crippen molar-refractivity contribution in [1.82, 2.24) is 10.2 Å². The van der Waals surface area contributed by atoms with Crippen LogP contribution in [0.3, 0.4) is 0 Å². The third-order valence-electron chi connectivity index (χ3n) is 5.05. The quantitative estimate of drug-likeness (QED) is 0.905. The molecule has 0 unspecified atom stereocenters. The molecule has 1 aromatic carbocycles. The van der Waals surface area contributed by atoms with Gasteiger partial charge in [-0.2, -0.15) is 0 Å². The Labute approximate surface area is 134 Å². The molecule has 2 heterocycles. The van der Waals surface area contributed by atoms with Crippen molar-refractivity contribution in [2.45, 2.75) is 50.9 Å². The van der Waals surface area contributed by atoms with Crippen molar-refractivity contribution in [1.29, 1.82) is 0 Å². The fourth-order valence-electron chi connectivity index (χ4n) is 3.70. The molecule has 1 amide bonds. The maximum atomic E-state index is 12.8. The summed E-state index contributed by atoms with van der Waals surface area (Å²) < 4.78 is 0. The maximum Gasteiger partial charge on any atom is 0.253 e. The van der Waals surface area contributed by atoms with E-state index in [2.05, 4.69) is 28.4 Å². The van der Waals surface area contributed by atoms with Crippen LogP contribution in [-0.2, 0) is 0 Å². The van der Waals surface area contributed by atoms with Crippen LogP contribution in [0, 0.1) is 0 Å². The van der Waals surface area contributed by atoms with E-state index in [0.717, 1.165) is 44.6 Å². The van der Waals surface area contributed by atoms with Crippen LogP contribution in [0.4, 0.5) is 0 Å². The Morgan fingerprint density at radius 2 is 1.82 bits per heavy atom. The van der Waals surface area contributed by atoms with E-state index in [1.807, 2.05) is 6.07 Å². The van der Waals surface area contributed by atoms with E-state index in [1.54, 1.807) is 0 Å². The molecule has 2 aliphatic heterocycles. The van der Waals surface area contributed by atoms with Gasteiger partial charge < -0.3 is 10.2 Å². The Balaban J connectivity index is 1.71. The zero-order valence-electron chi connectivity index (χ0n) is 13.5. The van der Waals surface area contributed by atoms with Gasteiger partial charge in [-0.1, -0.05) is 31.4 Å². The van der Waals surface area contributed by atoms with Crippen LogP contribution in [0.25, 0.3) is 0 Å². The van der Waals surface area contributed by atoms with E-state index >= 15 is 0 Å². The van der Waals surface area contributed by atoms with E-state index in [4.69, 9.17) is 0 Å². The molecule has 0 bridgehead atoms. The molecule has 0 aliphatic carbocycles. The SMILES string of the molecule is O=C(c1cccc([C@H]2CCCNC2)c1)N1CCCCCCC1. The summed E-state index contributed by atoms with van der Waals surface area (Å²) in [6.07, 6.45) is 8.61. The molecule has 3 rings (SSSR count). The topological polar surface area (TPSA) is 32.3 Å². The monoisotopic (exact) mass is 300 g/mol.